The molecule has 1 N–H and O–H groups in total. The van der Waals surface area contributed by atoms with E-state index >= 15 is 0 Å². The Bertz CT molecular complexity index is 454. The van der Waals surface area contributed by atoms with Crippen molar-refractivity contribution < 1.29 is 5.11 Å². The Morgan fingerprint density at radius 1 is 1.21 bits per heavy atom. The molecule has 0 spiro atoms. The van der Waals surface area contributed by atoms with Gasteiger partial charge in [-0.3, -0.25) is 4.90 Å². The first-order valence-corrected chi connectivity index (χ1v) is 7.10. The number of rotatable bonds is 2. The van der Waals surface area contributed by atoms with E-state index in [4.69, 9.17) is 5.11 Å². The predicted octanol–water partition coefficient (Wildman–Crippen LogP) is 2.51. The van der Waals surface area contributed by atoms with Crippen LogP contribution in [-0.4, -0.2) is 29.7 Å². The summed E-state index contributed by atoms with van der Waals surface area (Å²) in [5, 5.41) is 8.66. The van der Waals surface area contributed by atoms with Crippen molar-refractivity contribution in [1.82, 2.24) is 4.90 Å². The van der Waals surface area contributed by atoms with E-state index in [-0.39, 0.29) is 6.61 Å². The second-order valence-electron chi connectivity index (χ2n) is 5.64. The van der Waals surface area contributed by atoms with E-state index in [0.29, 0.717) is 0 Å². The first kappa shape index (κ1) is 14.1. The topological polar surface area (TPSA) is 23.5 Å². The molecule has 0 radical (unpaired) electrons. The fourth-order valence-electron chi connectivity index (χ4n) is 2.59. The standard InChI is InChI=1S/C17H23NO/c1-14-9-10-18(12-15(14)2)13-17-7-5-16(6-8-17)4-3-11-19/h5-8,14-15,19H,9-13H2,1-2H3. The van der Waals surface area contributed by atoms with Gasteiger partial charge in [-0.15, -0.1) is 0 Å². The molecular formula is C17H23NO. The number of aliphatic hydroxyl groups is 1. The molecule has 0 amide bonds. The molecule has 1 aromatic rings. The molecule has 2 heteroatoms. The largest absolute Gasteiger partial charge is 0.384 e. The van der Waals surface area contributed by atoms with E-state index in [1.165, 1.54) is 25.1 Å². The fourth-order valence-corrected chi connectivity index (χ4v) is 2.59. The molecule has 1 heterocycles. The Morgan fingerprint density at radius 3 is 2.58 bits per heavy atom. The summed E-state index contributed by atoms with van der Waals surface area (Å²) in [5.41, 5.74) is 2.31. The number of nitrogens with zero attached hydrogens (tertiary/aromatic N) is 1. The van der Waals surface area contributed by atoms with Gasteiger partial charge in [0.2, 0.25) is 0 Å². The van der Waals surface area contributed by atoms with Crippen LogP contribution in [-0.2, 0) is 6.54 Å². The summed E-state index contributed by atoms with van der Waals surface area (Å²) in [4.78, 5) is 2.54. The van der Waals surface area contributed by atoms with E-state index in [0.717, 1.165) is 23.9 Å². The molecule has 1 aliphatic heterocycles. The van der Waals surface area contributed by atoms with Crippen LogP contribution in [0.3, 0.4) is 0 Å². The first-order valence-electron chi connectivity index (χ1n) is 7.10. The molecule has 2 nitrogen and oxygen atoms in total. The number of hydrogen-bond donors (Lipinski definition) is 1. The molecule has 2 rings (SSSR count). The van der Waals surface area contributed by atoms with Crippen LogP contribution in [0.5, 0.6) is 0 Å². The minimum Gasteiger partial charge on any atom is -0.384 e. The number of aliphatic hydroxyl groups excluding tert-OH is 1. The average molecular weight is 257 g/mol. The maximum Gasteiger partial charge on any atom is 0.104 e. The second kappa shape index (κ2) is 6.75. The summed E-state index contributed by atoms with van der Waals surface area (Å²) >= 11 is 0. The van der Waals surface area contributed by atoms with E-state index < -0.39 is 0 Å². The molecule has 1 saturated heterocycles. The van der Waals surface area contributed by atoms with Crippen molar-refractivity contribution in [3.05, 3.63) is 35.4 Å². The zero-order chi connectivity index (χ0) is 13.7. The lowest BCUT2D eigenvalue weighted by Crippen LogP contribution is -2.37. The summed E-state index contributed by atoms with van der Waals surface area (Å²) in [6, 6.07) is 8.36. The minimum absolute atomic E-state index is 0.0778. The van der Waals surface area contributed by atoms with Crippen LogP contribution in [0.1, 0.15) is 31.4 Å². The number of hydrogen-bond acceptors (Lipinski definition) is 2. The van der Waals surface area contributed by atoms with Crippen LogP contribution in [0.2, 0.25) is 0 Å². The van der Waals surface area contributed by atoms with Gasteiger partial charge in [-0.2, -0.15) is 0 Å². The van der Waals surface area contributed by atoms with Crippen LogP contribution in [0, 0.1) is 23.7 Å². The first-order chi connectivity index (χ1) is 9.19. The normalized spacial score (nSPS) is 23.7. The summed E-state index contributed by atoms with van der Waals surface area (Å²) in [7, 11) is 0. The molecule has 0 aromatic heterocycles. The summed E-state index contributed by atoms with van der Waals surface area (Å²) in [6.07, 6.45) is 1.31. The third-order valence-corrected chi connectivity index (χ3v) is 4.09. The van der Waals surface area contributed by atoms with Crippen molar-refractivity contribution in [2.45, 2.75) is 26.8 Å². The molecule has 1 aromatic carbocycles. The van der Waals surface area contributed by atoms with Gasteiger partial charge in [0.1, 0.15) is 6.61 Å². The van der Waals surface area contributed by atoms with E-state index in [1.54, 1.807) is 0 Å². The quantitative estimate of drug-likeness (QED) is 0.823. The Balaban J connectivity index is 1.92. The third kappa shape index (κ3) is 4.09. The van der Waals surface area contributed by atoms with Crippen molar-refractivity contribution >= 4 is 0 Å². The maximum absolute atomic E-state index is 8.66. The third-order valence-electron chi connectivity index (χ3n) is 4.09. The SMILES string of the molecule is CC1CCN(Cc2ccc(C#CCO)cc2)CC1C. The van der Waals surface area contributed by atoms with Gasteiger partial charge >= 0.3 is 0 Å². The van der Waals surface area contributed by atoms with Crippen molar-refractivity contribution in [3.63, 3.8) is 0 Å². The number of likely N-dealkylation sites (tertiary alicyclic amines) is 1. The van der Waals surface area contributed by atoms with Crippen molar-refractivity contribution in [3.8, 4) is 11.8 Å². The van der Waals surface area contributed by atoms with Gasteiger partial charge in [0, 0.05) is 18.7 Å². The van der Waals surface area contributed by atoms with Gasteiger partial charge in [-0.05, 0) is 42.5 Å². The van der Waals surface area contributed by atoms with Crippen molar-refractivity contribution in [2.75, 3.05) is 19.7 Å². The minimum atomic E-state index is -0.0778. The van der Waals surface area contributed by atoms with Gasteiger partial charge in [0.05, 0.1) is 0 Å². The van der Waals surface area contributed by atoms with Crippen LogP contribution >= 0.6 is 0 Å². The highest BCUT2D eigenvalue weighted by Crippen LogP contribution is 2.23. The van der Waals surface area contributed by atoms with E-state index in [9.17, 15) is 0 Å². The number of piperidine rings is 1. The molecule has 2 atom stereocenters. The number of benzene rings is 1. The fraction of sp³-hybridized carbons (Fsp3) is 0.529. The Morgan fingerprint density at radius 2 is 1.95 bits per heavy atom. The van der Waals surface area contributed by atoms with Crippen LogP contribution < -0.4 is 0 Å². The second-order valence-corrected chi connectivity index (χ2v) is 5.64. The molecule has 1 fully saturated rings. The summed E-state index contributed by atoms with van der Waals surface area (Å²) < 4.78 is 0. The highest BCUT2D eigenvalue weighted by molar-refractivity contribution is 5.36. The average Bonchev–Trinajstić information content (AvgIpc) is 2.42. The lowest BCUT2D eigenvalue weighted by molar-refractivity contribution is 0.132. The van der Waals surface area contributed by atoms with Crippen LogP contribution in [0.4, 0.5) is 0 Å². The molecule has 102 valence electrons. The van der Waals surface area contributed by atoms with Crippen LogP contribution in [0.25, 0.3) is 0 Å². The molecule has 19 heavy (non-hydrogen) atoms. The zero-order valence-electron chi connectivity index (χ0n) is 11.9. The molecule has 0 bridgehead atoms. The van der Waals surface area contributed by atoms with Gasteiger partial charge in [0.15, 0.2) is 0 Å². The van der Waals surface area contributed by atoms with Gasteiger partial charge < -0.3 is 5.11 Å². The lowest BCUT2D eigenvalue weighted by Gasteiger charge is -2.35. The summed E-state index contributed by atoms with van der Waals surface area (Å²) in [5.74, 6) is 7.24. The summed E-state index contributed by atoms with van der Waals surface area (Å²) in [6.45, 7) is 8.07. The molecule has 0 saturated carbocycles. The Kier molecular flexibility index (Phi) is 5.01. The zero-order valence-corrected chi connectivity index (χ0v) is 11.9. The Hall–Kier alpha value is -1.30. The van der Waals surface area contributed by atoms with Crippen LogP contribution in [0.15, 0.2) is 24.3 Å². The highest BCUT2D eigenvalue weighted by atomic mass is 16.2. The highest BCUT2D eigenvalue weighted by Gasteiger charge is 2.22. The van der Waals surface area contributed by atoms with E-state index in [1.807, 2.05) is 12.1 Å². The van der Waals surface area contributed by atoms with Gasteiger partial charge in [0.25, 0.3) is 0 Å². The molecule has 0 aliphatic carbocycles. The lowest BCUT2D eigenvalue weighted by atomic mass is 9.88. The smallest absolute Gasteiger partial charge is 0.104 e. The van der Waals surface area contributed by atoms with Crippen molar-refractivity contribution in [1.29, 1.82) is 0 Å². The van der Waals surface area contributed by atoms with Crippen molar-refractivity contribution in [2.24, 2.45) is 11.8 Å². The predicted molar refractivity (Wildman–Crippen MR) is 78.6 cm³/mol. The Labute approximate surface area is 116 Å². The van der Waals surface area contributed by atoms with Gasteiger partial charge in [-0.25, -0.2) is 0 Å². The van der Waals surface area contributed by atoms with E-state index in [2.05, 4.69) is 42.7 Å². The maximum atomic E-state index is 8.66. The molecular weight excluding hydrogens is 234 g/mol. The monoisotopic (exact) mass is 257 g/mol. The molecule has 1 aliphatic rings. The molecule has 2 unspecified atom stereocenters. The van der Waals surface area contributed by atoms with Gasteiger partial charge in [-0.1, -0.05) is 37.8 Å².